The monoisotopic (exact) mass is 476 g/mol. The molecule has 2 N–H and O–H groups in total. The SMILES string of the molecule is CN=C(NCCc1nc(C(C)C)no1)NCc1ncc(C(C)(C)C)o1.I. The number of halogens is 1. The minimum absolute atomic E-state index is 0. The zero-order valence-corrected chi connectivity index (χ0v) is 18.6. The summed E-state index contributed by atoms with van der Waals surface area (Å²) in [5, 5.41) is 10.3. The Morgan fingerprint density at radius 3 is 2.50 bits per heavy atom. The van der Waals surface area contributed by atoms with Crippen molar-refractivity contribution in [3.63, 3.8) is 0 Å². The lowest BCUT2D eigenvalue weighted by Crippen LogP contribution is -2.38. The topological polar surface area (TPSA) is 101 Å². The zero-order valence-electron chi connectivity index (χ0n) is 16.3. The van der Waals surface area contributed by atoms with E-state index in [1.807, 2.05) is 13.8 Å². The molecule has 0 atom stereocenters. The van der Waals surface area contributed by atoms with E-state index < -0.39 is 0 Å². The van der Waals surface area contributed by atoms with Crippen LogP contribution in [-0.4, -0.2) is 34.7 Å². The fraction of sp³-hybridized carbons (Fsp3) is 0.647. The Bertz CT molecular complexity index is 702. The second kappa shape index (κ2) is 9.89. The van der Waals surface area contributed by atoms with Crippen LogP contribution in [0.15, 0.2) is 20.1 Å². The molecule has 2 aromatic rings. The van der Waals surface area contributed by atoms with Gasteiger partial charge >= 0.3 is 0 Å². The van der Waals surface area contributed by atoms with E-state index >= 15 is 0 Å². The number of hydrogen-bond acceptors (Lipinski definition) is 6. The van der Waals surface area contributed by atoms with Crippen molar-refractivity contribution in [3.8, 4) is 0 Å². The molecular weight excluding hydrogens is 447 g/mol. The summed E-state index contributed by atoms with van der Waals surface area (Å²) in [5.74, 6) is 3.78. The summed E-state index contributed by atoms with van der Waals surface area (Å²) in [6.07, 6.45) is 2.41. The Balaban J connectivity index is 0.00000338. The first kappa shape index (κ1) is 22.4. The summed E-state index contributed by atoms with van der Waals surface area (Å²) < 4.78 is 11.0. The Morgan fingerprint density at radius 2 is 1.96 bits per heavy atom. The van der Waals surface area contributed by atoms with Gasteiger partial charge in [-0.2, -0.15) is 4.98 Å². The minimum Gasteiger partial charge on any atom is -0.443 e. The van der Waals surface area contributed by atoms with Gasteiger partial charge in [0.05, 0.1) is 12.7 Å². The molecule has 0 saturated carbocycles. The Morgan fingerprint density at radius 1 is 1.23 bits per heavy atom. The van der Waals surface area contributed by atoms with Crippen molar-refractivity contribution >= 4 is 29.9 Å². The maximum atomic E-state index is 5.75. The normalized spacial score (nSPS) is 12.2. The molecule has 0 unspecified atom stereocenters. The van der Waals surface area contributed by atoms with Crippen LogP contribution in [0.2, 0.25) is 0 Å². The molecule has 0 aromatic carbocycles. The molecule has 0 bridgehead atoms. The summed E-state index contributed by atoms with van der Waals surface area (Å²) in [5.41, 5.74) is -0.0515. The molecule has 146 valence electrons. The molecular formula is C17H29IN6O2. The van der Waals surface area contributed by atoms with Crippen molar-refractivity contribution in [2.75, 3.05) is 13.6 Å². The van der Waals surface area contributed by atoms with Crippen LogP contribution in [0.4, 0.5) is 0 Å². The van der Waals surface area contributed by atoms with Crippen molar-refractivity contribution in [1.82, 2.24) is 25.8 Å². The average molecular weight is 476 g/mol. The van der Waals surface area contributed by atoms with E-state index in [0.29, 0.717) is 37.3 Å². The van der Waals surface area contributed by atoms with Gasteiger partial charge in [0.25, 0.3) is 0 Å². The van der Waals surface area contributed by atoms with E-state index in [1.54, 1.807) is 13.2 Å². The summed E-state index contributed by atoms with van der Waals surface area (Å²) in [4.78, 5) is 12.8. The van der Waals surface area contributed by atoms with Crippen molar-refractivity contribution in [2.24, 2.45) is 4.99 Å². The Kier molecular flexibility index (Phi) is 8.51. The average Bonchev–Trinajstić information content (AvgIpc) is 3.19. The second-order valence-corrected chi connectivity index (χ2v) is 7.17. The molecule has 0 saturated heterocycles. The van der Waals surface area contributed by atoms with Crippen LogP contribution in [-0.2, 0) is 18.4 Å². The van der Waals surface area contributed by atoms with E-state index in [1.165, 1.54) is 0 Å². The predicted octanol–water partition coefficient (Wildman–Crippen LogP) is 3.00. The largest absolute Gasteiger partial charge is 0.443 e. The number of nitrogens with zero attached hydrogens (tertiary/aromatic N) is 4. The third-order valence-corrected chi connectivity index (χ3v) is 3.55. The lowest BCUT2D eigenvalue weighted by atomic mass is 9.94. The Hall–Kier alpha value is -1.65. The molecule has 2 rings (SSSR count). The molecule has 0 spiro atoms. The summed E-state index contributed by atoms with van der Waals surface area (Å²) in [6.45, 7) is 11.4. The standard InChI is InChI=1S/C17H28N6O2.HI/c1-11(2)15-22-13(25-23-15)7-8-19-16(18-6)21-10-14-20-9-12(24-14)17(3,4)5;/h9,11H,7-8,10H2,1-6H3,(H2,18,19,21);1H. The van der Waals surface area contributed by atoms with Gasteiger partial charge in [0.1, 0.15) is 5.76 Å². The molecule has 0 aliphatic carbocycles. The van der Waals surface area contributed by atoms with Gasteiger partial charge in [0.2, 0.25) is 11.8 Å². The van der Waals surface area contributed by atoms with Crippen molar-refractivity contribution in [2.45, 2.75) is 58.9 Å². The second-order valence-electron chi connectivity index (χ2n) is 7.17. The summed E-state index contributed by atoms with van der Waals surface area (Å²) in [6, 6.07) is 0. The van der Waals surface area contributed by atoms with Gasteiger partial charge < -0.3 is 19.6 Å². The summed E-state index contributed by atoms with van der Waals surface area (Å²) >= 11 is 0. The predicted molar refractivity (Wildman–Crippen MR) is 111 cm³/mol. The van der Waals surface area contributed by atoms with Crippen LogP contribution in [0.25, 0.3) is 0 Å². The lowest BCUT2D eigenvalue weighted by Gasteiger charge is -2.13. The highest BCUT2D eigenvalue weighted by molar-refractivity contribution is 14.0. The number of aromatic nitrogens is 3. The van der Waals surface area contributed by atoms with Gasteiger partial charge in [-0.15, -0.1) is 24.0 Å². The molecule has 0 aliphatic heterocycles. The molecule has 2 heterocycles. The number of nitrogens with one attached hydrogen (secondary N) is 2. The number of aliphatic imine (C=N–C) groups is 1. The van der Waals surface area contributed by atoms with Gasteiger partial charge in [-0.05, 0) is 0 Å². The lowest BCUT2D eigenvalue weighted by molar-refractivity contribution is 0.370. The summed E-state index contributed by atoms with van der Waals surface area (Å²) in [7, 11) is 1.72. The van der Waals surface area contributed by atoms with Gasteiger partial charge in [0.15, 0.2) is 11.8 Å². The third kappa shape index (κ3) is 6.58. The molecule has 0 amide bonds. The highest BCUT2D eigenvalue weighted by Crippen LogP contribution is 2.22. The van der Waals surface area contributed by atoms with Gasteiger partial charge in [-0.1, -0.05) is 39.8 Å². The molecule has 0 fully saturated rings. The number of guanidine groups is 1. The van der Waals surface area contributed by atoms with Crippen LogP contribution >= 0.6 is 24.0 Å². The first-order valence-electron chi connectivity index (χ1n) is 8.51. The van der Waals surface area contributed by atoms with Crippen LogP contribution in [0.5, 0.6) is 0 Å². The molecule has 8 nitrogen and oxygen atoms in total. The van der Waals surface area contributed by atoms with E-state index in [9.17, 15) is 0 Å². The molecule has 26 heavy (non-hydrogen) atoms. The van der Waals surface area contributed by atoms with E-state index in [4.69, 9.17) is 8.94 Å². The first-order chi connectivity index (χ1) is 11.8. The van der Waals surface area contributed by atoms with E-state index in [0.717, 1.165) is 11.6 Å². The van der Waals surface area contributed by atoms with E-state index in [2.05, 4.69) is 51.5 Å². The van der Waals surface area contributed by atoms with Crippen LogP contribution in [0, 0.1) is 0 Å². The smallest absolute Gasteiger partial charge is 0.228 e. The van der Waals surface area contributed by atoms with Crippen molar-refractivity contribution in [3.05, 3.63) is 29.6 Å². The molecule has 0 radical (unpaired) electrons. The zero-order chi connectivity index (χ0) is 18.4. The first-order valence-corrected chi connectivity index (χ1v) is 8.51. The quantitative estimate of drug-likeness (QED) is 0.376. The highest BCUT2D eigenvalue weighted by atomic mass is 127. The third-order valence-electron chi connectivity index (χ3n) is 3.55. The molecule has 2 aromatic heterocycles. The van der Waals surface area contributed by atoms with E-state index in [-0.39, 0.29) is 35.3 Å². The van der Waals surface area contributed by atoms with Crippen LogP contribution < -0.4 is 10.6 Å². The van der Waals surface area contributed by atoms with Crippen molar-refractivity contribution in [1.29, 1.82) is 0 Å². The van der Waals surface area contributed by atoms with Crippen LogP contribution in [0.1, 0.15) is 63.9 Å². The fourth-order valence-corrected chi connectivity index (χ4v) is 2.01. The fourth-order valence-electron chi connectivity index (χ4n) is 2.01. The highest BCUT2D eigenvalue weighted by Gasteiger charge is 2.19. The maximum absolute atomic E-state index is 5.75. The number of rotatable bonds is 6. The number of oxazole rings is 1. The van der Waals surface area contributed by atoms with Crippen molar-refractivity contribution < 1.29 is 8.94 Å². The molecule has 0 aliphatic rings. The minimum atomic E-state index is -0.0515. The number of hydrogen-bond donors (Lipinski definition) is 2. The van der Waals surface area contributed by atoms with Gasteiger partial charge in [-0.25, -0.2) is 4.98 Å². The maximum Gasteiger partial charge on any atom is 0.228 e. The molecule has 9 heteroatoms. The van der Waals surface area contributed by atoms with Gasteiger partial charge in [-0.3, -0.25) is 4.99 Å². The van der Waals surface area contributed by atoms with Crippen LogP contribution in [0.3, 0.4) is 0 Å². The van der Waals surface area contributed by atoms with Gasteiger partial charge in [0, 0.05) is 31.3 Å². The Labute approximate surface area is 171 Å².